The number of rotatable bonds is 4. The van der Waals surface area contributed by atoms with E-state index in [1.54, 1.807) is 6.92 Å². The van der Waals surface area contributed by atoms with Gasteiger partial charge in [0.2, 0.25) is 0 Å². The molecule has 0 radical (unpaired) electrons. The summed E-state index contributed by atoms with van der Waals surface area (Å²) in [5.41, 5.74) is 0. The summed E-state index contributed by atoms with van der Waals surface area (Å²) in [7, 11) is -4.04. The summed E-state index contributed by atoms with van der Waals surface area (Å²) in [4.78, 5) is 10.5. The van der Waals surface area contributed by atoms with E-state index < -0.39 is 21.8 Å². The van der Waals surface area contributed by atoms with E-state index in [4.69, 9.17) is 4.55 Å². The van der Waals surface area contributed by atoms with Crippen molar-refractivity contribution < 1.29 is 53.5 Å². The summed E-state index contributed by atoms with van der Waals surface area (Å²) >= 11 is 0. The van der Waals surface area contributed by atoms with Gasteiger partial charge >= 0.3 is 35.5 Å². The third kappa shape index (κ3) is 10.4. The van der Waals surface area contributed by atoms with Crippen LogP contribution < -0.4 is 29.6 Å². The van der Waals surface area contributed by atoms with E-state index in [1.165, 1.54) is 0 Å². The zero-order chi connectivity index (χ0) is 8.91. The molecule has 0 aromatic rings. The van der Waals surface area contributed by atoms with E-state index in [-0.39, 0.29) is 44.0 Å². The van der Waals surface area contributed by atoms with Crippen molar-refractivity contribution in [3.8, 4) is 0 Å². The second kappa shape index (κ2) is 6.85. The Morgan fingerprint density at radius 2 is 2.08 bits per heavy atom. The third-order valence-electron chi connectivity index (χ3n) is 0.869. The zero-order valence-electron chi connectivity index (χ0n) is 8.11. The van der Waals surface area contributed by atoms with Gasteiger partial charge in [-0.15, -0.1) is 0 Å². The molecule has 0 atom stereocenters. The van der Waals surface area contributed by atoms with Crippen LogP contribution in [-0.4, -0.2) is 31.3 Å². The summed E-state index contributed by atoms with van der Waals surface area (Å²) in [6, 6.07) is 0. The Bertz CT molecular complexity index is 227. The van der Waals surface area contributed by atoms with Crippen LogP contribution in [0.4, 0.5) is 0 Å². The minimum atomic E-state index is -4.04. The molecule has 0 aliphatic heterocycles. The fourth-order valence-corrected chi connectivity index (χ4v) is 0.870. The van der Waals surface area contributed by atoms with Crippen molar-refractivity contribution in [1.29, 1.82) is 0 Å². The Labute approximate surface area is 95.0 Å². The Morgan fingerprint density at radius 3 is 2.42 bits per heavy atom. The molecule has 0 aromatic heterocycles. The van der Waals surface area contributed by atoms with Crippen LogP contribution in [0, 0.1) is 0 Å². The molecule has 0 spiro atoms. The van der Waals surface area contributed by atoms with Gasteiger partial charge in [0.1, 0.15) is 0 Å². The first-order valence-electron chi connectivity index (χ1n) is 3.06. The summed E-state index contributed by atoms with van der Waals surface area (Å²) in [6.07, 6.45) is -0.299. The average Bonchev–Trinajstić information content (AvgIpc) is 1.83. The molecule has 0 aliphatic rings. The second-order valence-corrected chi connectivity index (χ2v) is 3.41. The van der Waals surface area contributed by atoms with Crippen molar-refractivity contribution >= 4 is 16.1 Å². The van der Waals surface area contributed by atoms with E-state index in [0.717, 1.165) is 0 Å². The van der Waals surface area contributed by atoms with Gasteiger partial charge in [0.15, 0.2) is 0 Å². The standard InChI is InChI=1S/C5H10O5S.Na.H/c1-2-10-5(6)3-4-11(7,8)9;;/h2-4H2,1H3,(H,7,8,9);;/q;+1;-1. The minimum Gasteiger partial charge on any atom is -1.00 e. The van der Waals surface area contributed by atoms with Crippen molar-refractivity contribution in [2.45, 2.75) is 13.3 Å². The maximum absolute atomic E-state index is 10.5. The molecular formula is C5H11NaO5S. The van der Waals surface area contributed by atoms with Crippen molar-refractivity contribution in [2.75, 3.05) is 12.4 Å². The predicted molar refractivity (Wildman–Crippen MR) is 38.8 cm³/mol. The van der Waals surface area contributed by atoms with Crippen LogP contribution in [0.5, 0.6) is 0 Å². The summed E-state index contributed by atoms with van der Waals surface area (Å²) in [5.74, 6) is -1.20. The first kappa shape index (κ1) is 14.9. The normalized spacial score (nSPS) is 10.2. The summed E-state index contributed by atoms with van der Waals surface area (Å²) in [5, 5.41) is 0. The molecule has 0 heterocycles. The maximum Gasteiger partial charge on any atom is 1.00 e. The Morgan fingerprint density at radius 1 is 1.58 bits per heavy atom. The van der Waals surface area contributed by atoms with Gasteiger partial charge < -0.3 is 6.16 Å². The molecule has 1 N–H and O–H groups in total. The molecule has 0 amide bonds. The topological polar surface area (TPSA) is 80.7 Å². The van der Waals surface area contributed by atoms with E-state index in [0.29, 0.717) is 0 Å². The molecule has 0 aromatic carbocycles. The van der Waals surface area contributed by atoms with Crippen LogP contribution in [-0.2, 0) is 19.6 Å². The fourth-order valence-electron chi connectivity index (χ4n) is 0.445. The fraction of sp³-hybridized carbons (Fsp3) is 0.800. The van der Waals surface area contributed by atoms with E-state index in [2.05, 4.69) is 4.74 Å². The first-order chi connectivity index (χ1) is 4.95. The van der Waals surface area contributed by atoms with E-state index in [1.807, 2.05) is 0 Å². The Balaban J connectivity index is -0.000000500. The van der Waals surface area contributed by atoms with Crippen molar-refractivity contribution in [3.05, 3.63) is 0 Å². The van der Waals surface area contributed by atoms with Crippen LogP contribution >= 0.6 is 0 Å². The van der Waals surface area contributed by atoms with Gasteiger partial charge in [0.25, 0.3) is 10.1 Å². The van der Waals surface area contributed by atoms with Crippen molar-refractivity contribution in [2.24, 2.45) is 0 Å². The molecule has 7 heteroatoms. The van der Waals surface area contributed by atoms with Gasteiger partial charge in [0.05, 0.1) is 18.8 Å². The second-order valence-electron chi connectivity index (χ2n) is 1.84. The van der Waals surface area contributed by atoms with Gasteiger partial charge in [-0.3, -0.25) is 9.35 Å². The first-order valence-corrected chi connectivity index (χ1v) is 4.67. The van der Waals surface area contributed by atoms with Crippen LogP contribution in [0.25, 0.3) is 0 Å². The van der Waals surface area contributed by atoms with Crippen LogP contribution in [0.15, 0.2) is 0 Å². The molecule has 0 bridgehead atoms. The van der Waals surface area contributed by atoms with E-state index in [9.17, 15) is 13.2 Å². The van der Waals surface area contributed by atoms with Crippen molar-refractivity contribution in [1.82, 2.24) is 0 Å². The van der Waals surface area contributed by atoms with E-state index >= 15 is 0 Å². The van der Waals surface area contributed by atoms with Gasteiger partial charge in [-0.25, -0.2) is 0 Å². The molecule has 12 heavy (non-hydrogen) atoms. The quantitative estimate of drug-likeness (QED) is 0.300. The number of carbonyl (C=O) groups excluding carboxylic acids is 1. The molecule has 0 saturated carbocycles. The summed E-state index contributed by atoms with van der Waals surface area (Å²) < 4.78 is 32.8. The van der Waals surface area contributed by atoms with Gasteiger partial charge in [-0.1, -0.05) is 0 Å². The summed E-state index contributed by atoms with van der Waals surface area (Å²) in [6.45, 7) is 1.83. The van der Waals surface area contributed by atoms with Gasteiger partial charge in [-0.05, 0) is 6.92 Å². The molecule has 0 saturated heterocycles. The number of carbonyl (C=O) groups is 1. The SMILES string of the molecule is CCOC(=O)CCS(=O)(=O)O.[H-].[Na+]. The Kier molecular flexibility index (Phi) is 8.49. The molecular weight excluding hydrogens is 195 g/mol. The monoisotopic (exact) mass is 206 g/mol. The molecule has 5 nitrogen and oxygen atoms in total. The van der Waals surface area contributed by atoms with Crippen LogP contribution in [0.2, 0.25) is 0 Å². The minimum absolute atomic E-state index is 0. The number of hydrogen-bond acceptors (Lipinski definition) is 4. The van der Waals surface area contributed by atoms with Crippen LogP contribution in [0.3, 0.4) is 0 Å². The van der Waals surface area contributed by atoms with Crippen molar-refractivity contribution in [3.63, 3.8) is 0 Å². The molecule has 68 valence electrons. The van der Waals surface area contributed by atoms with Gasteiger partial charge in [-0.2, -0.15) is 8.42 Å². The molecule has 0 unspecified atom stereocenters. The maximum atomic E-state index is 10.5. The zero-order valence-corrected chi connectivity index (χ0v) is 9.93. The van der Waals surface area contributed by atoms with Gasteiger partial charge in [0, 0.05) is 0 Å². The molecule has 0 rings (SSSR count). The van der Waals surface area contributed by atoms with Crippen LogP contribution in [0.1, 0.15) is 14.8 Å². The third-order valence-corrected chi connectivity index (χ3v) is 1.59. The Hall–Kier alpha value is 0.380. The number of esters is 1. The molecule has 0 aliphatic carbocycles. The molecule has 0 fully saturated rings. The predicted octanol–water partition coefficient (Wildman–Crippen LogP) is -3.06. The number of hydrogen-bond donors (Lipinski definition) is 1. The largest absolute Gasteiger partial charge is 1.00 e. The number of ether oxygens (including phenoxy) is 1. The average molecular weight is 206 g/mol. The smallest absolute Gasteiger partial charge is 1.00 e.